The number of morpholine rings is 1. The molecule has 1 aromatic rings. The van der Waals surface area contributed by atoms with Gasteiger partial charge in [-0.25, -0.2) is 0 Å². The van der Waals surface area contributed by atoms with E-state index in [0.717, 1.165) is 32.1 Å². The van der Waals surface area contributed by atoms with Crippen molar-refractivity contribution in [3.05, 3.63) is 17.7 Å². The maximum atomic E-state index is 6.33. The molecule has 4 rings (SSSR count). The van der Waals surface area contributed by atoms with Crippen molar-refractivity contribution in [3.8, 4) is 5.75 Å². The molecule has 1 aliphatic carbocycles. The van der Waals surface area contributed by atoms with Crippen LogP contribution in [0.15, 0.2) is 12.1 Å². The molecule has 0 radical (unpaired) electrons. The Hall–Kier alpha value is -0.400. The first-order chi connectivity index (χ1) is 11.6. The van der Waals surface area contributed by atoms with Gasteiger partial charge in [0.05, 0.1) is 24.9 Å². The normalized spacial score (nSPS) is 33.6. The predicted molar refractivity (Wildman–Crippen MR) is 106 cm³/mol. The lowest BCUT2D eigenvalue weighted by Crippen LogP contribution is -2.56. The summed E-state index contributed by atoms with van der Waals surface area (Å²) < 4.78 is 12.5. The third-order valence-corrected chi connectivity index (χ3v) is 7.19. The fraction of sp³-hybridized carbons (Fsp3) is 0.667. The van der Waals surface area contributed by atoms with Gasteiger partial charge in [-0.05, 0) is 36.9 Å². The molecular weight excluding hydrogens is 338 g/mol. The Balaban J connectivity index is 1.80. The first-order valence-electron chi connectivity index (χ1n) is 8.91. The van der Waals surface area contributed by atoms with E-state index < -0.39 is 0 Å². The summed E-state index contributed by atoms with van der Waals surface area (Å²) in [6.07, 6.45) is 2.68. The van der Waals surface area contributed by atoms with E-state index in [2.05, 4.69) is 54.5 Å². The van der Waals surface area contributed by atoms with Gasteiger partial charge in [-0.1, -0.05) is 6.07 Å². The minimum Gasteiger partial charge on any atom is -0.489 e. The number of nitrogens with zero attached hydrogens (tertiary/aromatic N) is 2. The van der Waals surface area contributed by atoms with E-state index in [1.807, 2.05) is 0 Å². The summed E-state index contributed by atoms with van der Waals surface area (Å²) >= 11 is 0. The highest BCUT2D eigenvalue weighted by Crippen LogP contribution is 2.47. The zero-order valence-corrected chi connectivity index (χ0v) is 16.9. The second-order valence-corrected chi connectivity index (χ2v) is 8.82. The predicted octanol–water partition coefficient (Wildman–Crippen LogP) is 1.84. The summed E-state index contributed by atoms with van der Waals surface area (Å²) in [6.45, 7) is 3.57. The van der Waals surface area contributed by atoms with Gasteiger partial charge in [-0.15, -0.1) is 18.5 Å². The van der Waals surface area contributed by atoms with Crippen molar-refractivity contribution >= 4 is 29.5 Å². The third-order valence-electron chi connectivity index (χ3n) is 5.94. The monoisotopic (exact) mass is 366 g/mol. The van der Waals surface area contributed by atoms with Gasteiger partial charge in [0.1, 0.15) is 12.4 Å². The molecule has 132 valence electrons. The Kier molecular flexibility index (Phi) is 4.77. The number of ether oxygens (including phenoxy) is 2. The lowest BCUT2D eigenvalue weighted by Gasteiger charge is -2.49. The Labute approximate surface area is 149 Å². The Morgan fingerprint density at radius 1 is 1.12 bits per heavy atom. The summed E-state index contributed by atoms with van der Waals surface area (Å²) in [5, 5.41) is 1.25. The molecule has 6 unspecified atom stereocenters. The molecule has 6 heteroatoms. The standard InChI is InChI=1S/C18H28N2O2P2/c1-19-7-9-21-17-11(19)3-5-13(23)15(17)16-14(24)6-4-12-18(16)22-10-8-20(12)2/h3,5,12,14,16,18H,4,6-10,23-24H2,1-2H3. The second-order valence-electron chi connectivity index (χ2n) is 7.34. The number of benzene rings is 1. The van der Waals surface area contributed by atoms with Crippen LogP contribution in [0, 0.1) is 0 Å². The van der Waals surface area contributed by atoms with Gasteiger partial charge in [0.2, 0.25) is 0 Å². The van der Waals surface area contributed by atoms with E-state index in [4.69, 9.17) is 9.47 Å². The molecule has 1 aromatic carbocycles. The van der Waals surface area contributed by atoms with E-state index in [-0.39, 0.29) is 6.10 Å². The molecule has 4 nitrogen and oxygen atoms in total. The molecule has 6 atom stereocenters. The average molecular weight is 366 g/mol. The molecule has 2 aliphatic heterocycles. The van der Waals surface area contributed by atoms with Crippen LogP contribution in [-0.2, 0) is 4.74 Å². The molecular formula is C18H28N2O2P2. The van der Waals surface area contributed by atoms with Crippen LogP contribution in [0.4, 0.5) is 5.69 Å². The molecule has 0 spiro atoms. The molecule has 0 aromatic heterocycles. The zero-order chi connectivity index (χ0) is 16.8. The quantitative estimate of drug-likeness (QED) is 0.708. The Bertz CT molecular complexity index is 627. The largest absolute Gasteiger partial charge is 0.489 e. The lowest BCUT2D eigenvalue weighted by molar-refractivity contribution is -0.0883. The number of hydrogen-bond donors (Lipinski definition) is 0. The highest BCUT2D eigenvalue weighted by atomic mass is 31.0. The zero-order valence-electron chi connectivity index (χ0n) is 14.6. The minimum atomic E-state index is 0.252. The van der Waals surface area contributed by atoms with Gasteiger partial charge in [-0.3, -0.25) is 4.90 Å². The Morgan fingerprint density at radius 3 is 2.79 bits per heavy atom. The smallest absolute Gasteiger partial charge is 0.146 e. The van der Waals surface area contributed by atoms with Crippen molar-refractivity contribution in [3.63, 3.8) is 0 Å². The van der Waals surface area contributed by atoms with Crippen LogP contribution in [0.2, 0.25) is 0 Å². The van der Waals surface area contributed by atoms with Gasteiger partial charge >= 0.3 is 0 Å². The third kappa shape index (κ3) is 2.76. The van der Waals surface area contributed by atoms with Crippen LogP contribution in [-0.4, -0.2) is 63.1 Å². The molecule has 2 fully saturated rings. The van der Waals surface area contributed by atoms with Gasteiger partial charge in [0.15, 0.2) is 0 Å². The fourth-order valence-electron chi connectivity index (χ4n) is 4.56. The summed E-state index contributed by atoms with van der Waals surface area (Å²) in [4.78, 5) is 4.79. The first kappa shape index (κ1) is 17.0. The number of hydrogen-bond acceptors (Lipinski definition) is 4. The van der Waals surface area contributed by atoms with Crippen molar-refractivity contribution in [2.45, 2.75) is 36.6 Å². The van der Waals surface area contributed by atoms with Crippen molar-refractivity contribution in [1.29, 1.82) is 0 Å². The first-order valence-corrected chi connectivity index (χ1v) is 10.2. The van der Waals surface area contributed by atoms with Crippen LogP contribution in [0.3, 0.4) is 0 Å². The summed E-state index contributed by atoms with van der Waals surface area (Å²) in [5.74, 6) is 1.44. The molecule has 1 saturated carbocycles. The van der Waals surface area contributed by atoms with Gasteiger partial charge < -0.3 is 14.4 Å². The van der Waals surface area contributed by atoms with Gasteiger partial charge in [0, 0.05) is 31.1 Å². The summed E-state index contributed by atoms with van der Waals surface area (Å²) in [7, 11) is 10.4. The van der Waals surface area contributed by atoms with E-state index in [1.54, 1.807) is 0 Å². The van der Waals surface area contributed by atoms with Crippen LogP contribution >= 0.6 is 18.5 Å². The van der Waals surface area contributed by atoms with Crippen LogP contribution in [0.1, 0.15) is 24.3 Å². The van der Waals surface area contributed by atoms with Crippen molar-refractivity contribution in [2.24, 2.45) is 0 Å². The van der Waals surface area contributed by atoms with E-state index in [1.165, 1.54) is 29.4 Å². The van der Waals surface area contributed by atoms with E-state index in [0.29, 0.717) is 17.6 Å². The topological polar surface area (TPSA) is 24.9 Å². The average Bonchev–Trinajstić information content (AvgIpc) is 2.56. The highest BCUT2D eigenvalue weighted by Gasteiger charge is 2.45. The fourth-order valence-corrected chi connectivity index (χ4v) is 5.58. The van der Waals surface area contributed by atoms with Crippen molar-refractivity contribution in [2.75, 3.05) is 45.3 Å². The van der Waals surface area contributed by atoms with Crippen molar-refractivity contribution in [1.82, 2.24) is 4.90 Å². The Morgan fingerprint density at radius 2 is 1.96 bits per heavy atom. The minimum absolute atomic E-state index is 0.252. The number of rotatable bonds is 1. The molecule has 0 bridgehead atoms. The number of likely N-dealkylation sites (N-methyl/N-ethyl adjacent to an activating group) is 2. The molecule has 1 saturated heterocycles. The number of anilines is 1. The molecule has 3 aliphatic rings. The second kappa shape index (κ2) is 6.72. The SMILES string of the molecule is CN1CCOc2c1ccc(P)c2C1C(P)CCC2C1OCCN2C. The van der Waals surface area contributed by atoms with Crippen LogP contribution in [0.5, 0.6) is 5.75 Å². The van der Waals surface area contributed by atoms with Crippen LogP contribution < -0.4 is 14.9 Å². The lowest BCUT2D eigenvalue weighted by atomic mass is 9.76. The van der Waals surface area contributed by atoms with Crippen LogP contribution in [0.25, 0.3) is 0 Å². The van der Waals surface area contributed by atoms with Gasteiger partial charge in [-0.2, -0.15) is 0 Å². The number of fused-ring (bicyclic) bond motifs is 2. The van der Waals surface area contributed by atoms with Gasteiger partial charge in [0.25, 0.3) is 0 Å². The molecule has 2 heterocycles. The summed E-state index contributed by atoms with van der Waals surface area (Å²) in [6, 6.07) is 4.92. The maximum absolute atomic E-state index is 6.33. The van der Waals surface area contributed by atoms with Crippen molar-refractivity contribution < 1.29 is 9.47 Å². The molecule has 0 amide bonds. The molecule has 24 heavy (non-hydrogen) atoms. The van der Waals surface area contributed by atoms with E-state index in [9.17, 15) is 0 Å². The maximum Gasteiger partial charge on any atom is 0.146 e. The highest BCUT2D eigenvalue weighted by molar-refractivity contribution is 7.27. The molecule has 0 N–H and O–H groups in total. The van der Waals surface area contributed by atoms with E-state index >= 15 is 0 Å². The summed E-state index contributed by atoms with van der Waals surface area (Å²) in [5.41, 5.74) is 3.08.